The minimum absolute atomic E-state index is 0.0167. The highest BCUT2D eigenvalue weighted by Gasteiger charge is 2.36. The van der Waals surface area contributed by atoms with Crippen molar-refractivity contribution in [2.45, 2.75) is 175 Å². The maximum atomic E-state index is 13.9. The molecule has 11 amide bonds. The van der Waals surface area contributed by atoms with Crippen molar-refractivity contribution in [3.63, 3.8) is 0 Å². The first kappa shape index (κ1) is 62.1. The van der Waals surface area contributed by atoms with Gasteiger partial charge in [-0.25, -0.2) is 0 Å². The molecule has 68 heavy (non-hydrogen) atoms. The standard InChI is InChI=1S/C43H78N12O13/c1-11-22(8)33(42(67)53-30(18-56)35(47)60)54-41(66)29(16-21(6)7)50-36(61)23(9)48-39(64)27(14-19(2)3)51-38(63)26(12-13-31(45)58)49-40(65)28(15-20(4)5)52-43(68)34(24(10)57)55-37(62)25(44)17-32(46)59/h19-30,33-34,56-57H,11-18,44H2,1-10H3,(H2,45,58)(H2,46,59)(H2,47,60)(H,48,64)(H,49,65)(H,50,61)(H,51,63)(H,52,68)(H,53,67)(H,54,66)(H,55,62)/t22-,23-,24+,25-,26-,27-,28-,29-,30-,33-,34-/m0/s1. The van der Waals surface area contributed by atoms with Crippen molar-refractivity contribution < 1.29 is 63.0 Å². The maximum absolute atomic E-state index is 13.9. The predicted molar refractivity (Wildman–Crippen MR) is 247 cm³/mol. The second-order valence-electron chi connectivity index (χ2n) is 18.4. The number of hydrogen-bond donors (Lipinski definition) is 14. The van der Waals surface area contributed by atoms with Crippen LogP contribution in [-0.2, 0) is 52.7 Å². The Morgan fingerprint density at radius 1 is 0.471 bits per heavy atom. The van der Waals surface area contributed by atoms with Crippen molar-refractivity contribution in [3.05, 3.63) is 0 Å². The predicted octanol–water partition coefficient (Wildman–Crippen LogP) is -4.60. The van der Waals surface area contributed by atoms with Gasteiger partial charge >= 0.3 is 0 Å². The first-order chi connectivity index (χ1) is 31.4. The lowest BCUT2D eigenvalue weighted by Crippen LogP contribution is -2.61. The topological polar surface area (TPSA) is 429 Å². The van der Waals surface area contributed by atoms with Gasteiger partial charge in [-0.1, -0.05) is 61.8 Å². The highest BCUT2D eigenvalue weighted by Crippen LogP contribution is 2.13. The SMILES string of the molecule is CC[C@H](C)[C@H](NC(=O)[C@H](CC(C)C)NC(=O)[C@H](C)NC(=O)[C@H](CC(C)C)NC(=O)[C@H](CCC(N)=O)NC(=O)[C@H](CC(C)C)NC(=O)[C@@H](NC(=O)[C@@H](N)CC(N)=O)[C@@H](C)O)C(=O)N[C@@H](CO)C(N)=O. The molecule has 0 aliphatic rings. The van der Waals surface area contributed by atoms with E-state index in [4.69, 9.17) is 22.9 Å². The minimum Gasteiger partial charge on any atom is -0.394 e. The fraction of sp³-hybridized carbons (Fsp3) is 0.744. The Kier molecular flexibility index (Phi) is 27.8. The molecule has 0 aromatic heterocycles. The number of nitrogens with one attached hydrogen (secondary N) is 8. The fourth-order valence-corrected chi connectivity index (χ4v) is 6.55. The lowest BCUT2D eigenvalue weighted by Gasteiger charge is -2.29. The largest absolute Gasteiger partial charge is 0.394 e. The fourth-order valence-electron chi connectivity index (χ4n) is 6.55. The van der Waals surface area contributed by atoms with Crippen molar-refractivity contribution in [1.29, 1.82) is 0 Å². The van der Waals surface area contributed by atoms with Gasteiger partial charge in [0.1, 0.15) is 48.3 Å². The average Bonchev–Trinajstić information content (AvgIpc) is 3.22. The summed E-state index contributed by atoms with van der Waals surface area (Å²) in [7, 11) is 0. The van der Waals surface area contributed by atoms with Crippen molar-refractivity contribution in [2.24, 2.45) is 46.6 Å². The molecule has 0 saturated heterocycles. The summed E-state index contributed by atoms with van der Waals surface area (Å²) in [6, 6.07) is -12.4. The van der Waals surface area contributed by atoms with Crippen LogP contribution in [0.4, 0.5) is 0 Å². The van der Waals surface area contributed by atoms with Crippen LogP contribution < -0.4 is 65.5 Å². The Bertz CT molecular complexity index is 1760. The van der Waals surface area contributed by atoms with Gasteiger partial charge in [0, 0.05) is 6.42 Å². The molecule has 11 atom stereocenters. The van der Waals surface area contributed by atoms with E-state index in [1.807, 2.05) is 0 Å². The summed E-state index contributed by atoms with van der Waals surface area (Å²) in [6.07, 6.45) is -2.29. The van der Waals surface area contributed by atoms with Gasteiger partial charge in [-0.15, -0.1) is 0 Å². The molecule has 25 nitrogen and oxygen atoms in total. The summed E-state index contributed by atoms with van der Waals surface area (Å²) in [5.74, 6) is -10.8. The van der Waals surface area contributed by atoms with Gasteiger partial charge in [-0.2, -0.15) is 0 Å². The summed E-state index contributed by atoms with van der Waals surface area (Å²) < 4.78 is 0. The number of hydrogen-bond acceptors (Lipinski definition) is 14. The number of aliphatic hydroxyl groups is 2. The molecule has 25 heteroatoms. The van der Waals surface area contributed by atoms with E-state index in [1.165, 1.54) is 13.8 Å². The molecule has 0 fully saturated rings. The van der Waals surface area contributed by atoms with Crippen LogP contribution in [0.5, 0.6) is 0 Å². The molecular formula is C43H78N12O13. The number of nitrogens with two attached hydrogens (primary N) is 4. The quantitative estimate of drug-likeness (QED) is 0.0302. The molecule has 0 heterocycles. The molecule has 0 aromatic rings. The zero-order valence-electron chi connectivity index (χ0n) is 40.9. The number of amides is 11. The van der Waals surface area contributed by atoms with Gasteiger partial charge in [-0.05, 0) is 63.2 Å². The van der Waals surface area contributed by atoms with Crippen LogP contribution in [0.2, 0.25) is 0 Å². The first-order valence-electron chi connectivity index (χ1n) is 22.8. The zero-order chi connectivity index (χ0) is 52.7. The van der Waals surface area contributed by atoms with Crippen molar-refractivity contribution in [3.8, 4) is 0 Å². The van der Waals surface area contributed by atoms with E-state index in [0.29, 0.717) is 6.42 Å². The van der Waals surface area contributed by atoms with E-state index in [-0.39, 0.29) is 43.4 Å². The molecule has 0 bridgehead atoms. The monoisotopic (exact) mass is 971 g/mol. The Morgan fingerprint density at radius 3 is 1.26 bits per heavy atom. The van der Waals surface area contributed by atoms with Crippen molar-refractivity contribution in [1.82, 2.24) is 42.5 Å². The summed E-state index contributed by atoms with van der Waals surface area (Å²) in [5.41, 5.74) is 21.4. The minimum atomic E-state index is -1.65. The maximum Gasteiger partial charge on any atom is 0.245 e. The van der Waals surface area contributed by atoms with Gasteiger partial charge in [0.25, 0.3) is 0 Å². The third kappa shape index (κ3) is 23.2. The summed E-state index contributed by atoms with van der Waals surface area (Å²) in [5, 5.41) is 39.7. The Balaban J connectivity index is 6.41. The number of rotatable bonds is 32. The highest BCUT2D eigenvalue weighted by atomic mass is 16.3. The van der Waals surface area contributed by atoms with Gasteiger partial charge in [-0.3, -0.25) is 52.7 Å². The van der Waals surface area contributed by atoms with Crippen LogP contribution in [0.1, 0.15) is 114 Å². The van der Waals surface area contributed by atoms with Crippen LogP contribution >= 0.6 is 0 Å². The molecule has 0 unspecified atom stereocenters. The average molecular weight is 971 g/mol. The molecule has 0 radical (unpaired) electrons. The van der Waals surface area contributed by atoms with Crippen LogP contribution in [0, 0.1) is 23.7 Å². The molecule has 0 aliphatic heterocycles. The lowest BCUT2D eigenvalue weighted by atomic mass is 9.96. The normalized spacial score (nSPS) is 16.2. The molecule has 0 rings (SSSR count). The molecule has 388 valence electrons. The summed E-state index contributed by atoms with van der Waals surface area (Å²) >= 11 is 0. The van der Waals surface area contributed by atoms with Crippen LogP contribution in [0.3, 0.4) is 0 Å². The summed E-state index contributed by atoms with van der Waals surface area (Å²) in [4.78, 5) is 143. The first-order valence-corrected chi connectivity index (χ1v) is 22.8. The van der Waals surface area contributed by atoms with E-state index in [2.05, 4.69) is 42.5 Å². The third-order valence-electron chi connectivity index (χ3n) is 10.5. The molecule has 18 N–H and O–H groups in total. The zero-order valence-corrected chi connectivity index (χ0v) is 40.9. The van der Waals surface area contributed by atoms with E-state index in [9.17, 15) is 63.0 Å². The second-order valence-corrected chi connectivity index (χ2v) is 18.4. The van der Waals surface area contributed by atoms with Crippen molar-refractivity contribution >= 4 is 65.0 Å². The molecule has 0 aliphatic carbocycles. The van der Waals surface area contributed by atoms with Gasteiger partial charge in [0.2, 0.25) is 65.0 Å². The van der Waals surface area contributed by atoms with Gasteiger partial charge < -0.3 is 75.7 Å². The molecule has 0 spiro atoms. The van der Waals surface area contributed by atoms with Crippen LogP contribution in [0.15, 0.2) is 0 Å². The Labute approximate surface area is 397 Å². The molecule has 0 aromatic carbocycles. The van der Waals surface area contributed by atoms with Crippen LogP contribution in [0.25, 0.3) is 0 Å². The van der Waals surface area contributed by atoms with Crippen LogP contribution in [-0.4, -0.2) is 142 Å². The Morgan fingerprint density at radius 2 is 0.853 bits per heavy atom. The van der Waals surface area contributed by atoms with Gasteiger partial charge in [0.15, 0.2) is 0 Å². The van der Waals surface area contributed by atoms with E-state index < -0.39 is 151 Å². The smallest absolute Gasteiger partial charge is 0.245 e. The van der Waals surface area contributed by atoms with Crippen molar-refractivity contribution in [2.75, 3.05) is 6.61 Å². The molecular weight excluding hydrogens is 893 g/mol. The second kappa shape index (κ2) is 30.4. The highest BCUT2D eigenvalue weighted by molar-refractivity contribution is 5.98. The number of carbonyl (C=O) groups is 11. The third-order valence-corrected chi connectivity index (χ3v) is 10.5. The summed E-state index contributed by atoms with van der Waals surface area (Å²) in [6.45, 7) is 15.7. The molecule has 0 saturated carbocycles. The number of carbonyl (C=O) groups excluding carboxylic acids is 11. The number of aliphatic hydroxyl groups excluding tert-OH is 2. The van der Waals surface area contributed by atoms with E-state index in [0.717, 1.165) is 0 Å². The Hall–Kier alpha value is -5.95. The van der Waals surface area contributed by atoms with Gasteiger partial charge in [0.05, 0.1) is 25.2 Å². The van der Waals surface area contributed by atoms with E-state index >= 15 is 0 Å². The number of primary amides is 3. The lowest BCUT2D eigenvalue weighted by molar-refractivity contribution is -0.137. The van der Waals surface area contributed by atoms with E-state index in [1.54, 1.807) is 55.4 Å².